The molecule has 0 aromatic heterocycles. The minimum atomic E-state index is -0.498. The summed E-state index contributed by atoms with van der Waals surface area (Å²) in [7, 11) is 0. The van der Waals surface area contributed by atoms with Gasteiger partial charge in [0.2, 0.25) is 0 Å². The fraction of sp³-hybridized carbons (Fsp3) is 0.619. The van der Waals surface area contributed by atoms with Crippen LogP contribution in [0.5, 0.6) is 0 Å². The molecule has 27 heavy (non-hydrogen) atoms. The molecule has 1 saturated heterocycles. The molecule has 1 saturated carbocycles. The molecule has 1 aromatic carbocycles. The summed E-state index contributed by atoms with van der Waals surface area (Å²) in [6.45, 7) is 2.50. The number of hydrogen-bond acceptors (Lipinski definition) is 4. The van der Waals surface area contributed by atoms with Gasteiger partial charge in [0.25, 0.3) is 0 Å². The highest BCUT2D eigenvalue weighted by Crippen LogP contribution is 2.41. The van der Waals surface area contributed by atoms with Crippen LogP contribution < -0.4 is 5.32 Å². The summed E-state index contributed by atoms with van der Waals surface area (Å²) in [5.74, 6) is 0.810. The molecule has 2 aliphatic rings. The summed E-state index contributed by atoms with van der Waals surface area (Å²) in [5.41, 5.74) is 0.750. The lowest BCUT2D eigenvalue weighted by atomic mass is 9.88. The van der Waals surface area contributed by atoms with Crippen molar-refractivity contribution in [2.75, 3.05) is 17.7 Å². The molecule has 2 atom stereocenters. The number of rotatable bonds is 6. The van der Waals surface area contributed by atoms with Crippen LogP contribution in [0.15, 0.2) is 30.3 Å². The van der Waals surface area contributed by atoms with Crippen molar-refractivity contribution in [1.29, 1.82) is 0 Å². The van der Waals surface area contributed by atoms with E-state index >= 15 is 0 Å². The lowest BCUT2D eigenvalue weighted by Crippen LogP contribution is -2.50. The number of unbranched alkanes of at least 4 members (excludes halogenated alkanes) is 1. The molecule has 2 amide bonds. The fourth-order valence-corrected chi connectivity index (χ4v) is 5.50. The smallest absolute Gasteiger partial charge is 0.329 e. The molecule has 6 heteroatoms. The number of para-hydroxylation sites is 1. The lowest BCUT2D eigenvalue weighted by molar-refractivity contribution is -0.148. The Hall–Kier alpha value is -1.69. The Bertz CT molecular complexity index is 619. The SMILES string of the molecule is CCCCOC(=O)C1CSC(C2CCCCC2)N1C(=O)Nc1ccccc1. The van der Waals surface area contributed by atoms with Crippen molar-refractivity contribution >= 4 is 29.4 Å². The van der Waals surface area contributed by atoms with Crippen molar-refractivity contribution < 1.29 is 14.3 Å². The maximum atomic E-state index is 13.1. The van der Waals surface area contributed by atoms with Crippen LogP contribution >= 0.6 is 11.8 Å². The number of amides is 2. The highest BCUT2D eigenvalue weighted by molar-refractivity contribution is 8.00. The van der Waals surface area contributed by atoms with Crippen LogP contribution in [0.3, 0.4) is 0 Å². The first kappa shape index (κ1) is 20.1. The highest BCUT2D eigenvalue weighted by atomic mass is 32.2. The number of carbonyl (C=O) groups excluding carboxylic acids is 2. The van der Waals surface area contributed by atoms with Gasteiger partial charge < -0.3 is 10.1 Å². The van der Waals surface area contributed by atoms with Gasteiger partial charge in [0.15, 0.2) is 0 Å². The molecule has 1 N–H and O–H groups in total. The first-order valence-corrected chi connectivity index (χ1v) is 11.2. The van der Waals surface area contributed by atoms with Gasteiger partial charge in [-0.25, -0.2) is 9.59 Å². The van der Waals surface area contributed by atoms with Crippen molar-refractivity contribution in [3.05, 3.63) is 30.3 Å². The van der Waals surface area contributed by atoms with Crippen molar-refractivity contribution in [1.82, 2.24) is 4.90 Å². The summed E-state index contributed by atoms with van der Waals surface area (Å²) in [6.07, 6.45) is 7.79. The Labute approximate surface area is 166 Å². The Morgan fingerprint density at radius 2 is 1.93 bits per heavy atom. The van der Waals surface area contributed by atoms with Crippen molar-refractivity contribution in [3.63, 3.8) is 0 Å². The molecular weight excluding hydrogens is 360 g/mol. The van der Waals surface area contributed by atoms with E-state index in [0.29, 0.717) is 18.3 Å². The molecule has 1 heterocycles. The lowest BCUT2D eigenvalue weighted by Gasteiger charge is -2.35. The molecule has 2 fully saturated rings. The van der Waals surface area contributed by atoms with Crippen molar-refractivity contribution in [2.24, 2.45) is 5.92 Å². The minimum Gasteiger partial charge on any atom is -0.464 e. The summed E-state index contributed by atoms with van der Waals surface area (Å²) in [5, 5.41) is 3.02. The number of esters is 1. The van der Waals surface area contributed by atoms with Gasteiger partial charge in [0.1, 0.15) is 6.04 Å². The minimum absolute atomic E-state index is 0.0535. The predicted octanol–water partition coefficient (Wildman–Crippen LogP) is 4.89. The van der Waals surface area contributed by atoms with Gasteiger partial charge in [-0.1, -0.05) is 50.8 Å². The second-order valence-electron chi connectivity index (χ2n) is 7.36. The van der Waals surface area contributed by atoms with E-state index in [4.69, 9.17) is 4.74 Å². The van der Waals surface area contributed by atoms with E-state index in [2.05, 4.69) is 12.2 Å². The number of thioether (sulfide) groups is 1. The molecule has 0 spiro atoms. The summed E-state index contributed by atoms with van der Waals surface area (Å²) >= 11 is 1.74. The van der Waals surface area contributed by atoms with E-state index in [1.54, 1.807) is 16.7 Å². The number of carbonyl (C=O) groups is 2. The van der Waals surface area contributed by atoms with Crippen LogP contribution in [-0.4, -0.2) is 40.7 Å². The average molecular weight is 391 g/mol. The summed E-state index contributed by atoms with van der Waals surface area (Å²) < 4.78 is 5.46. The third-order valence-corrected chi connectivity index (χ3v) is 6.82. The predicted molar refractivity (Wildman–Crippen MR) is 110 cm³/mol. The normalized spacial score (nSPS) is 23.2. The zero-order chi connectivity index (χ0) is 19.1. The van der Waals surface area contributed by atoms with E-state index < -0.39 is 6.04 Å². The third-order valence-electron chi connectivity index (χ3n) is 5.36. The number of nitrogens with one attached hydrogen (secondary N) is 1. The highest BCUT2D eigenvalue weighted by Gasteiger charge is 2.45. The van der Waals surface area contributed by atoms with Gasteiger partial charge >= 0.3 is 12.0 Å². The van der Waals surface area contributed by atoms with Gasteiger partial charge in [0.05, 0.1) is 12.0 Å². The van der Waals surface area contributed by atoms with Crippen molar-refractivity contribution in [3.8, 4) is 0 Å². The number of urea groups is 1. The molecule has 5 nitrogen and oxygen atoms in total. The Morgan fingerprint density at radius 3 is 2.63 bits per heavy atom. The zero-order valence-electron chi connectivity index (χ0n) is 16.1. The fourth-order valence-electron chi connectivity index (χ4n) is 3.87. The number of nitrogens with zero attached hydrogens (tertiary/aromatic N) is 1. The Morgan fingerprint density at radius 1 is 1.19 bits per heavy atom. The molecule has 0 bridgehead atoms. The number of anilines is 1. The third kappa shape index (κ3) is 5.18. The van der Waals surface area contributed by atoms with Crippen LogP contribution in [0.2, 0.25) is 0 Å². The monoisotopic (exact) mass is 390 g/mol. The van der Waals surface area contributed by atoms with Crippen LogP contribution in [-0.2, 0) is 9.53 Å². The maximum Gasteiger partial charge on any atom is 0.329 e. The second-order valence-corrected chi connectivity index (χ2v) is 8.51. The molecule has 1 aliphatic carbocycles. The number of ether oxygens (including phenoxy) is 1. The average Bonchev–Trinajstić information content (AvgIpc) is 3.15. The number of hydrogen-bond donors (Lipinski definition) is 1. The molecular formula is C21H30N2O3S. The number of benzene rings is 1. The Kier molecular flexibility index (Phi) is 7.44. The maximum absolute atomic E-state index is 13.1. The van der Waals surface area contributed by atoms with E-state index in [0.717, 1.165) is 31.4 Å². The van der Waals surface area contributed by atoms with Gasteiger partial charge in [0, 0.05) is 11.4 Å². The van der Waals surface area contributed by atoms with E-state index in [9.17, 15) is 9.59 Å². The second kappa shape index (κ2) is 10.0. The van der Waals surface area contributed by atoms with E-state index in [1.807, 2.05) is 30.3 Å². The van der Waals surface area contributed by atoms with Crippen LogP contribution in [0.4, 0.5) is 10.5 Å². The van der Waals surface area contributed by atoms with Crippen molar-refractivity contribution in [2.45, 2.75) is 63.3 Å². The quantitative estimate of drug-likeness (QED) is 0.555. The standard InChI is InChI=1S/C21H30N2O3S/c1-2-3-14-26-20(24)18-15-27-19(16-10-6-4-7-11-16)23(18)21(25)22-17-12-8-5-9-13-17/h5,8-9,12-13,16,18-19H,2-4,6-7,10-11,14-15H2,1H3,(H,22,25). The first-order valence-electron chi connectivity index (χ1n) is 10.1. The van der Waals surface area contributed by atoms with Crippen LogP contribution in [0.25, 0.3) is 0 Å². The zero-order valence-corrected chi connectivity index (χ0v) is 16.9. The van der Waals surface area contributed by atoms with E-state index in [1.165, 1.54) is 19.3 Å². The molecule has 1 aliphatic heterocycles. The van der Waals surface area contributed by atoms with E-state index in [-0.39, 0.29) is 17.4 Å². The molecule has 2 unspecified atom stereocenters. The topological polar surface area (TPSA) is 58.6 Å². The summed E-state index contributed by atoms with van der Waals surface area (Å²) in [6, 6.07) is 8.74. The van der Waals surface area contributed by atoms with Crippen LogP contribution in [0, 0.1) is 5.92 Å². The van der Waals surface area contributed by atoms with Gasteiger partial charge in [-0.3, -0.25) is 4.90 Å². The van der Waals surface area contributed by atoms with Gasteiger partial charge in [-0.2, -0.15) is 0 Å². The first-order chi connectivity index (χ1) is 13.2. The molecule has 148 valence electrons. The summed E-state index contributed by atoms with van der Waals surface area (Å²) in [4.78, 5) is 27.5. The van der Waals surface area contributed by atoms with Gasteiger partial charge in [-0.15, -0.1) is 11.8 Å². The van der Waals surface area contributed by atoms with Gasteiger partial charge in [-0.05, 0) is 37.3 Å². The molecule has 1 aromatic rings. The Balaban J connectivity index is 1.73. The molecule has 0 radical (unpaired) electrons. The largest absolute Gasteiger partial charge is 0.464 e. The molecule has 3 rings (SSSR count). The van der Waals surface area contributed by atoms with Crippen LogP contribution in [0.1, 0.15) is 51.9 Å².